The molecule has 1 aromatic carbocycles. The highest BCUT2D eigenvalue weighted by atomic mass is 31.2. The molecule has 0 aromatic heterocycles. The molecule has 3 atom stereocenters. The Morgan fingerprint density at radius 1 is 1.06 bits per heavy atom. The SMILES string of the molecule is CCCCCC(=O)NC(Cc1ccc(OP(=O)(O)O)cc1)C(=O)CC(C(=O)NCC(C)=O)C(C)CC. The number of phosphoric ester groups is 1. The van der Waals surface area contributed by atoms with Crippen molar-refractivity contribution in [2.45, 2.75) is 78.7 Å². The van der Waals surface area contributed by atoms with Crippen LogP contribution in [0.5, 0.6) is 5.75 Å². The third-order valence-electron chi connectivity index (χ3n) is 5.92. The van der Waals surface area contributed by atoms with Crippen molar-refractivity contribution in [3.05, 3.63) is 29.8 Å². The monoisotopic (exact) mass is 526 g/mol. The van der Waals surface area contributed by atoms with Crippen LogP contribution in [0.2, 0.25) is 0 Å². The predicted octanol–water partition coefficient (Wildman–Crippen LogP) is 3.09. The Hall–Kier alpha value is -2.55. The molecule has 2 amide bonds. The molecule has 4 N–H and O–H groups in total. The zero-order valence-corrected chi connectivity index (χ0v) is 22.4. The molecule has 1 rings (SSSR count). The molecular formula is C25H39N2O8P. The molecule has 0 saturated carbocycles. The molecule has 1 aromatic rings. The highest BCUT2D eigenvalue weighted by molar-refractivity contribution is 7.46. The predicted molar refractivity (Wildman–Crippen MR) is 135 cm³/mol. The average molecular weight is 527 g/mol. The Kier molecular flexibility index (Phi) is 13.6. The number of unbranched alkanes of at least 4 members (excludes halogenated alkanes) is 2. The third-order valence-corrected chi connectivity index (χ3v) is 6.37. The van der Waals surface area contributed by atoms with Gasteiger partial charge in [0.2, 0.25) is 11.8 Å². The van der Waals surface area contributed by atoms with Crippen molar-refractivity contribution in [1.82, 2.24) is 10.6 Å². The summed E-state index contributed by atoms with van der Waals surface area (Å²) in [6.07, 6.45) is 3.50. The maximum atomic E-state index is 13.4. The Morgan fingerprint density at radius 3 is 2.22 bits per heavy atom. The van der Waals surface area contributed by atoms with Crippen molar-refractivity contribution in [3.8, 4) is 5.75 Å². The van der Waals surface area contributed by atoms with E-state index in [0.717, 1.165) is 12.8 Å². The van der Waals surface area contributed by atoms with E-state index in [2.05, 4.69) is 15.2 Å². The Labute approximate surface area is 212 Å². The van der Waals surface area contributed by atoms with Gasteiger partial charge >= 0.3 is 7.82 Å². The van der Waals surface area contributed by atoms with Crippen molar-refractivity contribution in [3.63, 3.8) is 0 Å². The molecule has 0 fully saturated rings. The fourth-order valence-electron chi connectivity index (χ4n) is 3.65. The van der Waals surface area contributed by atoms with E-state index in [4.69, 9.17) is 9.79 Å². The van der Waals surface area contributed by atoms with E-state index in [-0.39, 0.29) is 60.9 Å². The number of nitrogens with one attached hydrogen (secondary N) is 2. The molecular weight excluding hydrogens is 487 g/mol. The number of ketones is 2. The molecule has 36 heavy (non-hydrogen) atoms. The van der Waals surface area contributed by atoms with E-state index in [1.54, 1.807) is 12.1 Å². The van der Waals surface area contributed by atoms with Crippen molar-refractivity contribution in [2.24, 2.45) is 11.8 Å². The van der Waals surface area contributed by atoms with E-state index in [9.17, 15) is 23.7 Å². The summed E-state index contributed by atoms with van der Waals surface area (Å²) < 4.78 is 15.6. The smallest absolute Gasteiger partial charge is 0.404 e. The summed E-state index contributed by atoms with van der Waals surface area (Å²) in [5.74, 6) is -1.94. The first kappa shape index (κ1) is 31.5. The van der Waals surface area contributed by atoms with Crippen LogP contribution in [-0.4, -0.2) is 45.8 Å². The van der Waals surface area contributed by atoms with Crippen molar-refractivity contribution < 1.29 is 38.1 Å². The minimum absolute atomic E-state index is 0.0301. The standard InChI is InChI=1S/C25H39N2O8P/c1-5-7-8-9-24(30)27-22(14-19-10-12-20(13-11-19)35-36(32,33)34)23(29)15-21(17(3)6-2)25(31)26-16-18(4)28/h10-13,17,21-22H,5-9,14-16H2,1-4H3,(H,26,31)(H,27,30)(H2,32,33,34). The van der Waals surface area contributed by atoms with Crippen LogP contribution >= 0.6 is 7.82 Å². The summed E-state index contributed by atoms with van der Waals surface area (Å²) in [5.41, 5.74) is 0.640. The van der Waals surface area contributed by atoms with Gasteiger partial charge in [0.1, 0.15) is 11.5 Å². The molecule has 0 bridgehead atoms. The fourth-order valence-corrected chi connectivity index (χ4v) is 4.04. The second kappa shape index (κ2) is 15.5. The first-order valence-corrected chi connectivity index (χ1v) is 13.8. The lowest BCUT2D eigenvalue weighted by Crippen LogP contribution is -2.45. The number of phosphoric acid groups is 1. The van der Waals surface area contributed by atoms with Gasteiger partial charge in [0.15, 0.2) is 5.78 Å². The summed E-state index contributed by atoms with van der Waals surface area (Å²) in [6, 6.07) is 4.96. The maximum absolute atomic E-state index is 13.4. The van der Waals surface area contributed by atoms with Gasteiger partial charge in [-0.05, 0) is 43.4 Å². The molecule has 10 nitrogen and oxygen atoms in total. The lowest BCUT2D eigenvalue weighted by molar-refractivity contribution is -0.133. The number of hydrogen-bond acceptors (Lipinski definition) is 6. The molecule has 11 heteroatoms. The van der Waals surface area contributed by atoms with E-state index in [0.29, 0.717) is 18.4 Å². The fraction of sp³-hybridized carbons (Fsp3) is 0.600. The summed E-state index contributed by atoms with van der Waals surface area (Å²) in [7, 11) is -4.70. The van der Waals surface area contributed by atoms with E-state index >= 15 is 0 Å². The van der Waals surface area contributed by atoms with Crippen LogP contribution in [0.1, 0.15) is 71.8 Å². The van der Waals surface area contributed by atoms with Crippen LogP contribution in [0.25, 0.3) is 0 Å². The highest BCUT2D eigenvalue weighted by Crippen LogP contribution is 2.37. The van der Waals surface area contributed by atoms with Gasteiger partial charge in [-0.25, -0.2) is 4.57 Å². The van der Waals surface area contributed by atoms with Crippen LogP contribution in [-0.2, 0) is 30.2 Å². The normalized spacial score (nSPS) is 13.8. The summed E-state index contributed by atoms with van der Waals surface area (Å²) in [4.78, 5) is 67.8. The van der Waals surface area contributed by atoms with Crippen molar-refractivity contribution in [1.29, 1.82) is 0 Å². The number of carbonyl (C=O) groups excluding carboxylic acids is 4. The van der Waals surface area contributed by atoms with Crippen LogP contribution in [0.15, 0.2) is 24.3 Å². The maximum Gasteiger partial charge on any atom is 0.524 e. The van der Waals surface area contributed by atoms with Crippen molar-refractivity contribution >= 4 is 31.2 Å². The average Bonchev–Trinajstić information content (AvgIpc) is 2.80. The third kappa shape index (κ3) is 12.4. The van der Waals surface area contributed by atoms with Gasteiger partial charge in [0, 0.05) is 18.8 Å². The molecule has 0 aliphatic carbocycles. The topological polar surface area (TPSA) is 159 Å². The van der Waals surface area contributed by atoms with Gasteiger partial charge in [-0.2, -0.15) is 0 Å². The molecule has 3 unspecified atom stereocenters. The lowest BCUT2D eigenvalue weighted by atomic mass is 9.84. The van der Waals surface area contributed by atoms with Gasteiger partial charge in [0.25, 0.3) is 0 Å². The van der Waals surface area contributed by atoms with E-state index in [1.807, 2.05) is 20.8 Å². The minimum atomic E-state index is -4.70. The van der Waals surface area contributed by atoms with Crippen LogP contribution in [0.4, 0.5) is 0 Å². The second-order valence-electron chi connectivity index (χ2n) is 9.09. The number of carbonyl (C=O) groups is 4. The Balaban J connectivity index is 3.06. The minimum Gasteiger partial charge on any atom is -0.404 e. The van der Waals surface area contributed by atoms with Crippen LogP contribution in [0.3, 0.4) is 0 Å². The van der Waals surface area contributed by atoms with Gasteiger partial charge in [0.05, 0.1) is 12.6 Å². The summed E-state index contributed by atoms with van der Waals surface area (Å²) >= 11 is 0. The van der Waals surface area contributed by atoms with Crippen LogP contribution < -0.4 is 15.2 Å². The van der Waals surface area contributed by atoms with E-state index in [1.165, 1.54) is 19.1 Å². The second-order valence-corrected chi connectivity index (χ2v) is 10.3. The number of hydrogen-bond donors (Lipinski definition) is 4. The molecule has 0 heterocycles. The van der Waals surface area contributed by atoms with Gasteiger partial charge < -0.3 is 15.2 Å². The lowest BCUT2D eigenvalue weighted by Gasteiger charge is -2.25. The van der Waals surface area contributed by atoms with E-state index < -0.39 is 19.8 Å². The number of amides is 2. The zero-order valence-electron chi connectivity index (χ0n) is 21.5. The molecule has 0 saturated heterocycles. The first-order chi connectivity index (χ1) is 16.9. The largest absolute Gasteiger partial charge is 0.524 e. The molecule has 202 valence electrons. The quantitative estimate of drug-likeness (QED) is 0.178. The molecule has 0 aliphatic heterocycles. The van der Waals surface area contributed by atoms with Gasteiger partial charge in [-0.15, -0.1) is 0 Å². The van der Waals surface area contributed by atoms with Gasteiger partial charge in [-0.3, -0.25) is 29.0 Å². The van der Waals surface area contributed by atoms with Crippen molar-refractivity contribution in [2.75, 3.05) is 6.54 Å². The Morgan fingerprint density at radius 2 is 1.69 bits per heavy atom. The number of Topliss-reactive ketones (excluding diaryl/α,β-unsaturated/α-hetero) is 2. The number of rotatable bonds is 17. The summed E-state index contributed by atoms with van der Waals surface area (Å²) in [6.45, 7) is 7.05. The molecule has 0 radical (unpaired) electrons. The molecule has 0 spiro atoms. The van der Waals surface area contributed by atoms with Gasteiger partial charge in [-0.1, -0.05) is 52.2 Å². The first-order valence-electron chi connectivity index (χ1n) is 12.3. The number of benzene rings is 1. The Bertz CT molecular complexity index is 928. The summed E-state index contributed by atoms with van der Waals surface area (Å²) in [5, 5.41) is 5.38. The highest BCUT2D eigenvalue weighted by Gasteiger charge is 2.31. The molecule has 0 aliphatic rings. The van der Waals surface area contributed by atoms with Crippen LogP contribution in [0, 0.1) is 11.8 Å². The zero-order chi connectivity index (χ0) is 27.3.